The normalized spacial score (nSPS) is 22.9. The van der Waals surface area contributed by atoms with Crippen LogP contribution < -0.4 is 5.32 Å². The van der Waals surface area contributed by atoms with E-state index in [4.69, 9.17) is 16.3 Å². The van der Waals surface area contributed by atoms with E-state index in [1.807, 2.05) is 39.8 Å². The van der Waals surface area contributed by atoms with Crippen molar-refractivity contribution in [3.8, 4) is 0 Å². The number of carbonyl (C=O) groups is 1. The van der Waals surface area contributed by atoms with Gasteiger partial charge in [-0.05, 0) is 44.9 Å². The first kappa shape index (κ1) is 15.3. The van der Waals surface area contributed by atoms with Crippen molar-refractivity contribution in [3.63, 3.8) is 0 Å². The van der Waals surface area contributed by atoms with Crippen LogP contribution in [0.5, 0.6) is 0 Å². The molecular formula is C16H22ClNO2. The Labute approximate surface area is 125 Å². The summed E-state index contributed by atoms with van der Waals surface area (Å²) in [6.07, 6.45) is 0. The zero-order valence-corrected chi connectivity index (χ0v) is 13.3. The van der Waals surface area contributed by atoms with E-state index in [-0.39, 0.29) is 17.8 Å². The van der Waals surface area contributed by atoms with Crippen molar-refractivity contribution < 1.29 is 9.53 Å². The molecule has 0 amide bonds. The van der Waals surface area contributed by atoms with Gasteiger partial charge in [-0.3, -0.25) is 4.79 Å². The van der Waals surface area contributed by atoms with Gasteiger partial charge in [-0.25, -0.2) is 0 Å². The number of rotatable bonds is 2. The summed E-state index contributed by atoms with van der Waals surface area (Å²) in [4.78, 5) is 12.3. The standard InChI is InChI=1S/C16H22ClNO2/c1-10-5-6-11(7-14(10)17)12-8-18-9-13(12)15(19)20-16(2,3)4/h5-7,12-13,18H,8-9H2,1-4H3/t12-,13+/m0/s1. The van der Waals surface area contributed by atoms with Gasteiger partial charge in [0.05, 0.1) is 5.92 Å². The molecule has 0 aromatic heterocycles. The maximum atomic E-state index is 12.3. The van der Waals surface area contributed by atoms with Gasteiger partial charge in [-0.2, -0.15) is 0 Å². The number of aryl methyl sites for hydroxylation is 1. The third kappa shape index (κ3) is 3.53. The molecule has 2 atom stereocenters. The predicted molar refractivity (Wildman–Crippen MR) is 81.1 cm³/mol. The maximum Gasteiger partial charge on any atom is 0.311 e. The summed E-state index contributed by atoms with van der Waals surface area (Å²) in [5.41, 5.74) is 1.70. The Kier molecular flexibility index (Phi) is 4.40. The molecule has 1 aromatic carbocycles. The molecule has 0 unspecified atom stereocenters. The second kappa shape index (κ2) is 5.74. The highest BCUT2D eigenvalue weighted by Crippen LogP contribution is 2.32. The van der Waals surface area contributed by atoms with Crippen molar-refractivity contribution in [2.45, 2.75) is 39.2 Å². The first-order valence-corrected chi connectivity index (χ1v) is 7.35. The lowest BCUT2D eigenvalue weighted by molar-refractivity contribution is -0.159. The maximum absolute atomic E-state index is 12.3. The van der Waals surface area contributed by atoms with E-state index in [0.29, 0.717) is 6.54 Å². The van der Waals surface area contributed by atoms with E-state index in [1.165, 1.54) is 0 Å². The number of benzene rings is 1. The highest BCUT2D eigenvalue weighted by Gasteiger charge is 2.36. The number of hydrogen-bond acceptors (Lipinski definition) is 3. The number of ether oxygens (including phenoxy) is 1. The predicted octanol–water partition coefficient (Wildman–Crippen LogP) is 3.29. The minimum Gasteiger partial charge on any atom is -0.460 e. The van der Waals surface area contributed by atoms with Crippen LogP contribution in [0.15, 0.2) is 18.2 Å². The second-order valence-corrected chi connectivity index (χ2v) is 6.82. The van der Waals surface area contributed by atoms with Crippen molar-refractivity contribution >= 4 is 17.6 Å². The fourth-order valence-electron chi connectivity index (χ4n) is 2.49. The van der Waals surface area contributed by atoms with Crippen molar-refractivity contribution in [2.75, 3.05) is 13.1 Å². The summed E-state index contributed by atoms with van der Waals surface area (Å²) in [7, 11) is 0. The first-order chi connectivity index (χ1) is 9.28. The monoisotopic (exact) mass is 295 g/mol. The van der Waals surface area contributed by atoms with Crippen molar-refractivity contribution in [3.05, 3.63) is 34.3 Å². The average Bonchev–Trinajstić information content (AvgIpc) is 2.79. The molecule has 20 heavy (non-hydrogen) atoms. The van der Waals surface area contributed by atoms with Crippen LogP contribution >= 0.6 is 11.6 Å². The third-order valence-corrected chi connectivity index (χ3v) is 3.95. The zero-order chi connectivity index (χ0) is 14.9. The molecule has 1 fully saturated rings. The molecule has 1 aliphatic heterocycles. The molecule has 2 rings (SSSR count). The summed E-state index contributed by atoms with van der Waals surface area (Å²) in [5.74, 6) is -0.153. The van der Waals surface area contributed by atoms with Crippen LogP contribution in [0.3, 0.4) is 0 Å². The summed E-state index contributed by atoms with van der Waals surface area (Å²) in [6, 6.07) is 6.02. The van der Waals surface area contributed by atoms with Crippen LogP contribution in [0.1, 0.15) is 37.8 Å². The molecule has 0 aliphatic carbocycles. The van der Waals surface area contributed by atoms with Crippen LogP contribution in [0.4, 0.5) is 0 Å². The average molecular weight is 296 g/mol. The van der Waals surface area contributed by atoms with Crippen LogP contribution in [0, 0.1) is 12.8 Å². The molecule has 0 radical (unpaired) electrons. The fourth-order valence-corrected chi connectivity index (χ4v) is 2.68. The van der Waals surface area contributed by atoms with Crippen molar-refractivity contribution in [2.24, 2.45) is 5.92 Å². The van der Waals surface area contributed by atoms with Crippen LogP contribution in [-0.4, -0.2) is 24.7 Å². The molecule has 0 bridgehead atoms. The summed E-state index contributed by atoms with van der Waals surface area (Å²) in [6.45, 7) is 9.10. The number of hydrogen-bond donors (Lipinski definition) is 1. The quantitative estimate of drug-likeness (QED) is 0.851. The van der Waals surface area contributed by atoms with Crippen LogP contribution in [-0.2, 0) is 9.53 Å². The van der Waals surface area contributed by atoms with Gasteiger partial charge in [0.1, 0.15) is 5.60 Å². The lowest BCUT2D eigenvalue weighted by Gasteiger charge is -2.24. The molecule has 1 saturated heterocycles. The van der Waals surface area contributed by atoms with E-state index >= 15 is 0 Å². The van der Waals surface area contributed by atoms with E-state index in [2.05, 4.69) is 11.4 Å². The lowest BCUT2D eigenvalue weighted by Crippen LogP contribution is -2.31. The number of carbonyl (C=O) groups excluding carboxylic acids is 1. The third-order valence-electron chi connectivity index (χ3n) is 3.55. The minimum atomic E-state index is -0.449. The molecule has 1 aromatic rings. The Balaban J connectivity index is 2.18. The van der Waals surface area contributed by atoms with E-state index in [9.17, 15) is 4.79 Å². The summed E-state index contributed by atoms with van der Waals surface area (Å²) >= 11 is 6.19. The SMILES string of the molecule is Cc1ccc([C@@H]2CNC[C@H]2C(=O)OC(C)(C)C)cc1Cl. The van der Waals surface area contributed by atoms with Gasteiger partial charge in [0.25, 0.3) is 0 Å². The van der Waals surface area contributed by atoms with Gasteiger partial charge in [0.15, 0.2) is 0 Å². The molecule has 3 nitrogen and oxygen atoms in total. The van der Waals surface area contributed by atoms with E-state index in [1.54, 1.807) is 0 Å². The summed E-state index contributed by atoms with van der Waals surface area (Å²) in [5, 5.41) is 4.03. The second-order valence-electron chi connectivity index (χ2n) is 6.41. The fraction of sp³-hybridized carbons (Fsp3) is 0.562. The molecule has 1 aliphatic rings. The van der Waals surface area contributed by atoms with Gasteiger partial charge < -0.3 is 10.1 Å². The Hall–Kier alpha value is -1.06. The van der Waals surface area contributed by atoms with Crippen molar-refractivity contribution in [1.82, 2.24) is 5.32 Å². The first-order valence-electron chi connectivity index (χ1n) is 6.97. The molecule has 1 N–H and O–H groups in total. The van der Waals surface area contributed by atoms with Gasteiger partial charge in [-0.1, -0.05) is 23.7 Å². The lowest BCUT2D eigenvalue weighted by atomic mass is 9.88. The molecular weight excluding hydrogens is 274 g/mol. The zero-order valence-electron chi connectivity index (χ0n) is 12.5. The number of nitrogens with one attached hydrogen (secondary N) is 1. The Morgan fingerprint density at radius 1 is 1.35 bits per heavy atom. The highest BCUT2D eigenvalue weighted by molar-refractivity contribution is 6.31. The smallest absolute Gasteiger partial charge is 0.311 e. The van der Waals surface area contributed by atoms with E-state index < -0.39 is 5.60 Å². The van der Waals surface area contributed by atoms with Gasteiger partial charge in [-0.15, -0.1) is 0 Å². The molecule has 1 heterocycles. The van der Waals surface area contributed by atoms with Crippen LogP contribution in [0.25, 0.3) is 0 Å². The topological polar surface area (TPSA) is 38.3 Å². The number of halogens is 1. The largest absolute Gasteiger partial charge is 0.460 e. The highest BCUT2D eigenvalue weighted by atomic mass is 35.5. The molecule has 0 spiro atoms. The van der Waals surface area contributed by atoms with Crippen molar-refractivity contribution in [1.29, 1.82) is 0 Å². The Morgan fingerprint density at radius 2 is 2.05 bits per heavy atom. The number of esters is 1. The van der Waals surface area contributed by atoms with E-state index in [0.717, 1.165) is 22.7 Å². The minimum absolute atomic E-state index is 0.128. The van der Waals surface area contributed by atoms with Gasteiger partial charge >= 0.3 is 5.97 Å². The van der Waals surface area contributed by atoms with Gasteiger partial charge in [0.2, 0.25) is 0 Å². The van der Waals surface area contributed by atoms with Gasteiger partial charge in [0, 0.05) is 24.0 Å². The Morgan fingerprint density at radius 3 is 2.65 bits per heavy atom. The van der Waals surface area contributed by atoms with Crippen LogP contribution in [0.2, 0.25) is 5.02 Å². The molecule has 0 saturated carbocycles. The molecule has 110 valence electrons. The Bertz CT molecular complexity index is 508. The molecule has 4 heteroatoms. The summed E-state index contributed by atoms with van der Waals surface area (Å²) < 4.78 is 5.52.